The molecular formula is C36H25BrN2. The zero-order valence-corrected chi connectivity index (χ0v) is 22.8. The molecule has 0 radical (unpaired) electrons. The Hall–Kier alpha value is -4.60. The molecule has 0 atom stereocenters. The van der Waals surface area contributed by atoms with Gasteiger partial charge in [-0.1, -0.05) is 101 Å². The monoisotopic (exact) mass is 564 g/mol. The van der Waals surface area contributed by atoms with Crippen LogP contribution < -0.4 is 4.90 Å². The minimum absolute atomic E-state index is 1.08. The van der Waals surface area contributed by atoms with Gasteiger partial charge in [0.25, 0.3) is 0 Å². The van der Waals surface area contributed by atoms with Crippen LogP contribution in [-0.2, 0) is 0 Å². The first kappa shape index (κ1) is 23.5. The number of para-hydroxylation sites is 3. The van der Waals surface area contributed by atoms with Gasteiger partial charge < -0.3 is 9.47 Å². The minimum Gasteiger partial charge on any atom is -0.310 e. The Bertz CT molecular complexity index is 1870. The summed E-state index contributed by atoms with van der Waals surface area (Å²) in [5.74, 6) is 0. The number of fused-ring (bicyclic) bond motifs is 3. The van der Waals surface area contributed by atoms with Gasteiger partial charge in [-0.25, -0.2) is 0 Å². The highest BCUT2D eigenvalue weighted by atomic mass is 79.9. The van der Waals surface area contributed by atoms with E-state index in [4.69, 9.17) is 0 Å². The third kappa shape index (κ3) is 4.31. The molecule has 7 aromatic rings. The molecule has 3 heteroatoms. The fraction of sp³-hybridized carbons (Fsp3) is 0. The van der Waals surface area contributed by atoms with E-state index in [1.165, 1.54) is 32.9 Å². The van der Waals surface area contributed by atoms with Crippen LogP contribution in [0.4, 0.5) is 17.1 Å². The van der Waals surface area contributed by atoms with Crippen LogP contribution in [0.15, 0.2) is 156 Å². The minimum atomic E-state index is 1.08. The van der Waals surface area contributed by atoms with Crippen LogP contribution >= 0.6 is 15.9 Å². The fourth-order valence-corrected chi connectivity index (χ4v) is 5.73. The van der Waals surface area contributed by atoms with E-state index in [1.54, 1.807) is 0 Å². The average molecular weight is 566 g/mol. The lowest BCUT2D eigenvalue weighted by atomic mass is 10.0. The summed E-state index contributed by atoms with van der Waals surface area (Å²) in [4.78, 5) is 2.33. The second-order valence-corrected chi connectivity index (χ2v) is 10.5. The number of hydrogen-bond donors (Lipinski definition) is 0. The van der Waals surface area contributed by atoms with Crippen LogP contribution in [0.5, 0.6) is 0 Å². The highest BCUT2D eigenvalue weighted by Gasteiger charge is 2.16. The third-order valence-corrected chi connectivity index (χ3v) is 7.75. The molecule has 1 aromatic heterocycles. The van der Waals surface area contributed by atoms with E-state index in [-0.39, 0.29) is 0 Å². The molecule has 0 aliphatic carbocycles. The van der Waals surface area contributed by atoms with Crippen LogP contribution in [0.1, 0.15) is 0 Å². The molecule has 0 fully saturated rings. The molecule has 0 unspecified atom stereocenters. The van der Waals surface area contributed by atoms with E-state index in [0.29, 0.717) is 0 Å². The molecule has 39 heavy (non-hydrogen) atoms. The van der Waals surface area contributed by atoms with Gasteiger partial charge in [0.2, 0.25) is 0 Å². The molecule has 0 spiro atoms. The Balaban J connectivity index is 1.41. The smallest absolute Gasteiger partial charge is 0.0541 e. The standard InChI is InChI=1S/C36H25BrN2/c37-28-22-20-26(21-23-28)27-10-8-13-30(24-27)38(29-11-2-1-3-12-29)31-14-9-15-32(25-31)39-35-18-6-4-16-33(35)34-17-5-7-19-36(34)39/h1-25H. The van der Waals surface area contributed by atoms with Crippen molar-refractivity contribution < 1.29 is 0 Å². The molecule has 0 saturated heterocycles. The first-order valence-electron chi connectivity index (χ1n) is 13.1. The number of nitrogens with zero attached hydrogens (tertiary/aromatic N) is 2. The van der Waals surface area contributed by atoms with E-state index in [1.807, 2.05) is 0 Å². The van der Waals surface area contributed by atoms with Gasteiger partial charge in [-0.3, -0.25) is 0 Å². The number of halogens is 1. The van der Waals surface area contributed by atoms with E-state index in [9.17, 15) is 0 Å². The number of rotatable bonds is 5. The summed E-state index contributed by atoms with van der Waals surface area (Å²) in [6.07, 6.45) is 0. The zero-order chi connectivity index (χ0) is 26.2. The van der Waals surface area contributed by atoms with Crippen LogP contribution in [0, 0.1) is 0 Å². The van der Waals surface area contributed by atoms with Crippen molar-refractivity contribution in [2.75, 3.05) is 4.90 Å². The van der Waals surface area contributed by atoms with E-state index in [2.05, 4.69) is 177 Å². The van der Waals surface area contributed by atoms with Crippen LogP contribution in [0.3, 0.4) is 0 Å². The molecule has 0 aliphatic heterocycles. The van der Waals surface area contributed by atoms with Crippen molar-refractivity contribution >= 4 is 54.8 Å². The second-order valence-electron chi connectivity index (χ2n) is 9.62. The second kappa shape index (κ2) is 9.94. The lowest BCUT2D eigenvalue weighted by molar-refractivity contribution is 1.17. The largest absolute Gasteiger partial charge is 0.310 e. The van der Waals surface area contributed by atoms with Gasteiger partial charge in [-0.05, 0) is 77.9 Å². The lowest BCUT2D eigenvalue weighted by Crippen LogP contribution is -2.10. The lowest BCUT2D eigenvalue weighted by Gasteiger charge is -2.26. The van der Waals surface area contributed by atoms with E-state index in [0.717, 1.165) is 27.2 Å². The summed E-state index contributed by atoms with van der Waals surface area (Å²) in [6.45, 7) is 0. The van der Waals surface area contributed by atoms with Gasteiger partial charge in [-0.15, -0.1) is 0 Å². The zero-order valence-electron chi connectivity index (χ0n) is 21.2. The molecule has 0 amide bonds. The Morgan fingerprint density at radius 2 is 1.00 bits per heavy atom. The first-order chi connectivity index (χ1) is 19.3. The van der Waals surface area contributed by atoms with E-state index < -0.39 is 0 Å². The van der Waals surface area contributed by atoms with Gasteiger partial charge in [0.1, 0.15) is 0 Å². The van der Waals surface area contributed by atoms with E-state index >= 15 is 0 Å². The van der Waals surface area contributed by atoms with Crippen molar-refractivity contribution in [2.24, 2.45) is 0 Å². The van der Waals surface area contributed by atoms with Crippen LogP contribution in [-0.4, -0.2) is 4.57 Å². The predicted molar refractivity (Wildman–Crippen MR) is 169 cm³/mol. The molecule has 0 N–H and O–H groups in total. The fourth-order valence-electron chi connectivity index (χ4n) is 5.46. The van der Waals surface area contributed by atoms with Crippen molar-refractivity contribution in [2.45, 2.75) is 0 Å². The Morgan fingerprint density at radius 1 is 0.436 bits per heavy atom. The molecule has 1 heterocycles. The summed E-state index contributed by atoms with van der Waals surface area (Å²) >= 11 is 3.56. The van der Waals surface area contributed by atoms with Gasteiger partial charge in [0.05, 0.1) is 11.0 Å². The molecule has 0 saturated carbocycles. The summed E-state index contributed by atoms with van der Waals surface area (Å²) in [5, 5.41) is 2.53. The van der Waals surface area contributed by atoms with Gasteiger partial charge in [0.15, 0.2) is 0 Å². The number of anilines is 3. The molecule has 2 nitrogen and oxygen atoms in total. The molecule has 7 rings (SSSR count). The maximum Gasteiger partial charge on any atom is 0.0541 e. The summed E-state index contributed by atoms with van der Waals surface area (Å²) in [6, 6.07) is 54.0. The summed E-state index contributed by atoms with van der Waals surface area (Å²) < 4.78 is 3.45. The molecule has 186 valence electrons. The van der Waals surface area contributed by atoms with Crippen LogP contribution in [0.25, 0.3) is 38.6 Å². The SMILES string of the molecule is Brc1ccc(-c2cccc(N(c3ccccc3)c3cccc(-n4c5ccccc5c5ccccc54)c3)c2)cc1. The predicted octanol–water partition coefficient (Wildman–Crippen LogP) is 10.7. The number of benzene rings is 6. The first-order valence-corrected chi connectivity index (χ1v) is 13.9. The van der Waals surface area contributed by atoms with Gasteiger partial charge in [0, 0.05) is 38.0 Å². The molecule has 0 bridgehead atoms. The van der Waals surface area contributed by atoms with Crippen molar-refractivity contribution in [3.63, 3.8) is 0 Å². The Labute approximate surface area is 236 Å². The quantitative estimate of drug-likeness (QED) is 0.202. The topological polar surface area (TPSA) is 8.17 Å². The third-order valence-electron chi connectivity index (χ3n) is 7.22. The van der Waals surface area contributed by atoms with Crippen LogP contribution in [0.2, 0.25) is 0 Å². The maximum absolute atomic E-state index is 3.56. The van der Waals surface area contributed by atoms with Crippen molar-refractivity contribution in [1.82, 2.24) is 4.57 Å². The van der Waals surface area contributed by atoms with Crippen molar-refractivity contribution in [1.29, 1.82) is 0 Å². The highest BCUT2D eigenvalue weighted by molar-refractivity contribution is 9.10. The summed E-state index contributed by atoms with van der Waals surface area (Å²) in [7, 11) is 0. The van der Waals surface area contributed by atoms with Crippen molar-refractivity contribution in [3.8, 4) is 16.8 Å². The molecule has 6 aromatic carbocycles. The van der Waals surface area contributed by atoms with Gasteiger partial charge >= 0.3 is 0 Å². The highest BCUT2D eigenvalue weighted by Crippen LogP contribution is 2.39. The number of aromatic nitrogens is 1. The molecular weight excluding hydrogens is 540 g/mol. The maximum atomic E-state index is 3.56. The summed E-state index contributed by atoms with van der Waals surface area (Å²) in [5.41, 5.74) is 9.25. The Kier molecular flexibility index (Phi) is 5.99. The average Bonchev–Trinajstić information content (AvgIpc) is 3.33. The Morgan fingerprint density at radius 3 is 1.69 bits per heavy atom. The van der Waals surface area contributed by atoms with Crippen molar-refractivity contribution in [3.05, 3.63) is 156 Å². The number of hydrogen-bond acceptors (Lipinski definition) is 1. The molecule has 0 aliphatic rings. The van der Waals surface area contributed by atoms with Gasteiger partial charge in [-0.2, -0.15) is 0 Å². The normalized spacial score (nSPS) is 11.2.